The van der Waals surface area contributed by atoms with Gasteiger partial charge in [0.1, 0.15) is 24.9 Å². The molecule has 0 N–H and O–H groups in total. The first kappa shape index (κ1) is 37.4. The van der Waals surface area contributed by atoms with Crippen LogP contribution in [-0.2, 0) is 65.8 Å². The van der Waals surface area contributed by atoms with Crippen molar-refractivity contribution < 1.29 is 51.2 Å². The molecule has 274 valence electrons. The Morgan fingerprint density at radius 2 is 1.00 bits per heavy atom. The van der Waals surface area contributed by atoms with Gasteiger partial charge in [-0.1, -0.05) is 127 Å². The summed E-state index contributed by atoms with van der Waals surface area (Å²) in [5.41, 5.74) is 1.66. The average molecular weight is 727 g/mol. The highest BCUT2D eigenvalue weighted by atomic mass is 19.4. The molecule has 1 saturated heterocycles. The smallest absolute Gasteiger partial charge is 0.416 e. The van der Waals surface area contributed by atoms with Gasteiger partial charge in [0.2, 0.25) is 6.29 Å². The average Bonchev–Trinajstić information content (AvgIpc) is 3.19. The Labute approximate surface area is 305 Å². The molecule has 1 aliphatic heterocycles. The van der Waals surface area contributed by atoms with Gasteiger partial charge in [0.15, 0.2) is 6.10 Å². The minimum atomic E-state index is -4.70. The summed E-state index contributed by atoms with van der Waals surface area (Å²) < 4.78 is 77.8. The van der Waals surface area contributed by atoms with Crippen LogP contribution in [-0.4, -0.2) is 42.6 Å². The molecule has 1 aliphatic rings. The standard InChI is InChI=1S/C42H37F3O8/c43-42(44,45)34-23-13-22-33(24-34)39(46)53-41-38(50-27-31-18-9-3-10-19-31)36(49-26-30-16-7-2-8-17-30)35(48-25-29-14-5-1-6-15-29)37(52-41)40(47)51-28-32-20-11-4-12-21-32/h1-24,35-38,41H,25-28H2/t35-,36-,37-,38+,41-/m0/s1. The van der Waals surface area contributed by atoms with Crippen molar-refractivity contribution in [3.05, 3.63) is 179 Å². The van der Waals surface area contributed by atoms with Crippen molar-refractivity contribution >= 4 is 11.9 Å². The van der Waals surface area contributed by atoms with E-state index in [9.17, 15) is 22.8 Å². The van der Waals surface area contributed by atoms with Crippen LogP contribution in [0.15, 0.2) is 146 Å². The van der Waals surface area contributed by atoms with E-state index in [1.165, 1.54) is 6.07 Å². The second kappa shape index (κ2) is 17.9. The van der Waals surface area contributed by atoms with E-state index in [1.807, 2.05) is 97.1 Å². The molecular weight excluding hydrogens is 689 g/mol. The van der Waals surface area contributed by atoms with Crippen molar-refractivity contribution in [3.63, 3.8) is 0 Å². The fourth-order valence-electron chi connectivity index (χ4n) is 5.75. The van der Waals surface area contributed by atoms with Crippen LogP contribution in [0.4, 0.5) is 13.2 Å². The number of hydrogen-bond acceptors (Lipinski definition) is 8. The number of carbonyl (C=O) groups is 2. The molecule has 53 heavy (non-hydrogen) atoms. The zero-order valence-corrected chi connectivity index (χ0v) is 28.5. The fourth-order valence-corrected chi connectivity index (χ4v) is 5.75. The maximum absolute atomic E-state index is 14.0. The van der Waals surface area contributed by atoms with Gasteiger partial charge < -0.3 is 28.4 Å². The summed E-state index contributed by atoms with van der Waals surface area (Å²) in [6, 6.07) is 40.6. The predicted octanol–water partition coefficient (Wildman–Crippen LogP) is 8.09. The SMILES string of the molecule is O=C(O[C@@H]1O[C@H](C(=O)OCc2ccccc2)[C@@H](OCc2ccccc2)[C@H](OCc2ccccc2)[C@H]1OCc1ccccc1)c1cccc(C(F)(F)F)c1. The molecule has 5 aromatic rings. The molecule has 0 saturated carbocycles. The molecule has 11 heteroatoms. The number of esters is 2. The van der Waals surface area contributed by atoms with Crippen LogP contribution < -0.4 is 0 Å². The third kappa shape index (κ3) is 10.4. The summed E-state index contributed by atoms with van der Waals surface area (Å²) in [5, 5.41) is 0. The van der Waals surface area contributed by atoms with Crippen LogP contribution in [0.1, 0.15) is 38.2 Å². The topological polar surface area (TPSA) is 89.5 Å². The third-order valence-corrected chi connectivity index (χ3v) is 8.46. The van der Waals surface area contributed by atoms with Crippen molar-refractivity contribution in [1.29, 1.82) is 0 Å². The van der Waals surface area contributed by atoms with Crippen LogP contribution >= 0.6 is 0 Å². The number of carbonyl (C=O) groups excluding carboxylic acids is 2. The molecule has 0 unspecified atom stereocenters. The highest BCUT2D eigenvalue weighted by molar-refractivity contribution is 5.89. The van der Waals surface area contributed by atoms with Crippen LogP contribution in [0.5, 0.6) is 0 Å². The van der Waals surface area contributed by atoms with Gasteiger partial charge in [0.05, 0.1) is 30.9 Å². The van der Waals surface area contributed by atoms with E-state index in [0.717, 1.165) is 28.8 Å². The van der Waals surface area contributed by atoms with Gasteiger partial charge in [-0.2, -0.15) is 13.2 Å². The summed E-state index contributed by atoms with van der Waals surface area (Å²) in [6.07, 6.45) is -11.4. The van der Waals surface area contributed by atoms with E-state index >= 15 is 0 Å². The first-order chi connectivity index (χ1) is 25.7. The van der Waals surface area contributed by atoms with Gasteiger partial charge in [0, 0.05) is 0 Å². The van der Waals surface area contributed by atoms with Crippen molar-refractivity contribution in [1.82, 2.24) is 0 Å². The second-order valence-corrected chi connectivity index (χ2v) is 12.3. The van der Waals surface area contributed by atoms with Crippen molar-refractivity contribution in [2.75, 3.05) is 0 Å². The third-order valence-electron chi connectivity index (χ3n) is 8.46. The van der Waals surface area contributed by atoms with Gasteiger partial charge in [0.25, 0.3) is 0 Å². The molecule has 1 heterocycles. The van der Waals surface area contributed by atoms with Crippen LogP contribution in [0.3, 0.4) is 0 Å². The summed E-state index contributed by atoms with van der Waals surface area (Å²) >= 11 is 0. The Morgan fingerprint density at radius 1 is 0.547 bits per heavy atom. The molecule has 5 atom stereocenters. The van der Waals surface area contributed by atoms with E-state index in [4.69, 9.17) is 28.4 Å². The van der Waals surface area contributed by atoms with Crippen LogP contribution in [0, 0.1) is 0 Å². The van der Waals surface area contributed by atoms with Gasteiger partial charge in [-0.25, -0.2) is 9.59 Å². The molecule has 0 amide bonds. The quantitative estimate of drug-likeness (QED) is 0.106. The molecule has 0 aromatic heterocycles. The number of rotatable bonds is 14. The number of ether oxygens (including phenoxy) is 6. The molecule has 1 fully saturated rings. The number of alkyl halides is 3. The lowest BCUT2D eigenvalue weighted by atomic mass is 9.97. The zero-order valence-electron chi connectivity index (χ0n) is 28.5. The Kier molecular flexibility index (Phi) is 12.7. The van der Waals surface area contributed by atoms with Gasteiger partial charge in [-0.3, -0.25) is 0 Å². The summed E-state index contributed by atoms with van der Waals surface area (Å²) in [6.45, 7) is -0.0000973. The van der Waals surface area contributed by atoms with Crippen LogP contribution in [0.25, 0.3) is 0 Å². The van der Waals surface area contributed by atoms with Crippen LogP contribution in [0.2, 0.25) is 0 Å². The minimum absolute atomic E-state index is 0.00615. The Hall–Kier alpha value is -5.33. The monoisotopic (exact) mass is 726 g/mol. The van der Waals surface area contributed by atoms with E-state index in [-0.39, 0.29) is 32.0 Å². The van der Waals surface area contributed by atoms with E-state index in [2.05, 4.69) is 0 Å². The number of hydrogen-bond donors (Lipinski definition) is 0. The first-order valence-electron chi connectivity index (χ1n) is 17.0. The van der Waals surface area contributed by atoms with Crippen molar-refractivity contribution in [2.45, 2.75) is 63.3 Å². The highest BCUT2D eigenvalue weighted by Gasteiger charge is 2.53. The highest BCUT2D eigenvalue weighted by Crippen LogP contribution is 2.34. The Morgan fingerprint density at radius 3 is 1.49 bits per heavy atom. The van der Waals surface area contributed by atoms with Crippen molar-refractivity contribution in [2.24, 2.45) is 0 Å². The lowest BCUT2D eigenvalue weighted by molar-refractivity contribution is -0.308. The number of benzene rings is 5. The molecule has 8 nitrogen and oxygen atoms in total. The Bertz CT molecular complexity index is 1890. The summed E-state index contributed by atoms with van der Waals surface area (Å²) in [7, 11) is 0. The molecular formula is C42H37F3O8. The molecule has 0 aliphatic carbocycles. The predicted molar refractivity (Wildman–Crippen MR) is 187 cm³/mol. The zero-order chi connectivity index (χ0) is 37.0. The van der Waals surface area contributed by atoms with Crippen molar-refractivity contribution in [3.8, 4) is 0 Å². The maximum atomic E-state index is 14.0. The lowest BCUT2D eigenvalue weighted by Gasteiger charge is -2.44. The Balaban J connectivity index is 1.37. The minimum Gasteiger partial charge on any atom is -0.459 e. The molecule has 5 aromatic carbocycles. The molecule has 6 rings (SSSR count). The lowest BCUT2D eigenvalue weighted by Crippen LogP contribution is -2.63. The van der Waals surface area contributed by atoms with Gasteiger partial charge in [-0.05, 0) is 40.5 Å². The summed E-state index contributed by atoms with van der Waals surface area (Å²) in [5.74, 6) is -1.96. The van der Waals surface area contributed by atoms with Gasteiger partial charge in [-0.15, -0.1) is 0 Å². The molecule has 0 spiro atoms. The van der Waals surface area contributed by atoms with E-state index in [0.29, 0.717) is 11.6 Å². The van der Waals surface area contributed by atoms with E-state index < -0.39 is 54.4 Å². The fraction of sp³-hybridized carbons (Fsp3) is 0.238. The molecule has 0 radical (unpaired) electrons. The number of halogens is 3. The largest absolute Gasteiger partial charge is 0.459 e. The van der Waals surface area contributed by atoms with E-state index in [1.54, 1.807) is 24.3 Å². The van der Waals surface area contributed by atoms with Gasteiger partial charge >= 0.3 is 18.1 Å². The first-order valence-corrected chi connectivity index (χ1v) is 17.0. The summed E-state index contributed by atoms with van der Waals surface area (Å²) in [4.78, 5) is 27.5. The second-order valence-electron chi connectivity index (χ2n) is 12.3. The maximum Gasteiger partial charge on any atom is 0.416 e. The molecule has 0 bridgehead atoms. The normalized spacial score (nSPS) is 20.0.